The predicted molar refractivity (Wildman–Crippen MR) is 91.8 cm³/mol. The van der Waals surface area contributed by atoms with Gasteiger partial charge in [0.2, 0.25) is 0 Å². The Balaban J connectivity index is 1.87. The molecule has 0 aliphatic heterocycles. The standard InChI is InChI=1S/C18H15IO/c19-17-8-4-3-7-16(17)18(20)12-13-9-10-14-5-1-2-6-15(14)11-13/h1-11,18,20H,12H2. The van der Waals surface area contributed by atoms with E-state index in [1.165, 1.54) is 10.8 Å². The number of halogens is 1. The Morgan fingerprint density at radius 2 is 1.55 bits per heavy atom. The lowest BCUT2D eigenvalue weighted by atomic mass is 9.99. The molecule has 0 aliphatic carbocycles. The van der Waals surface area contributed by atoms with Crippen molar-refractivity contribution in [1.82, 2.24) is 0 Å². The summed E-state index contributed by atoms with van der Waals surface area (Å²) in [6.45, 7) is 0. The molecule has 0 fully saturated rings. The molecule has 3 aromatic carbocycles. The van der Waals surface area contributed by atoms with Gasteiger partial charge in [0.15, 0.2) is 0 Å². The number of hydrogen-bond donors (Lipinski definition) is 1. The summed E-state index contributed by atoms with van der Waals surface area (Å²) < 4.78 is 1.11. The molecule has 100 valence electrons. The summed E-state index contributed by atoms with van der Waals surface area (Å²) in [6.07, 6.45) is 0.189. The van der Waals surface area contributed by atoms with Gasteiger partial charge in [-0.3, -0.25) is 0 Å². The van der Waals surface area contributed by atoms with E-state index in [9.17, 15) is 5.11 Å². The predicted octanol–water partition coefficient (Wildman–Crippen LogP) is 4.72. The molecule has 1 N–H and O–H groups in total. The first-order chi connectivity index (χ1) is 9.74. The van der Waals surface area contributed by atoms with Crippen LogP contribution in [0, 0.1) is 3.57 Å². The zero-order chi connectivity index (χ0) is 13.9. The molecule has 2 heteroatoms. The minimum absolute atomic E-state index is 0.454. The van der Waals surface area contributed by atoms with Crippen LogP contribution in [0.1, 0.15) is 17.2 Å². The summed E-state index contributed by atoms with van der Waals surface area (Å²) in [5.41, 5.74) is 2.16. The third-order valence-electron chi connectivity index (χ3n) is 3.51. The van der Waals surface area contributed by atoms with Crippen molar-refractivity contribution in [3.63, 3.8) is 0 Å². The van der Waals surface area contributed by atoms with E-state index in [0.29, 0.717) is 6.42 Å². The number of rotatable bonds is 3. The average Bonchev–Trinajstić information content (AvgIpc) is 2.47. The normalized spacial score (nSPS) is 12.5. The zero-order valence-corrected chi connectivity index (χ0v) is 13.1. The van der Waals surface area contributed by atoms with Crippen molar-refractivity contribution in [3.05, 3.63) is 81.4 Å². The first-order valence-corrected chi connectivity index (χ1v) is 7.72. The second-order valence-corrected chi connectivity index (χ2v) is 6.09. The van der Waals surface area contributed by atoms with Crippen LogP contribution >= 0.6 is 22.6 Å². The van der Waals surface area contributed by atoms with Gasteiger partial charge in [-0.25, -0.2) is 0 Å². The molecule has 0 amide bonds. The van der Waals surface area contributed by atoms with Gasteiger partial charge in [-0.15, -0.1) is 0 Å². The lowest BCUT2D eigenvalue weighted by Crippen LogP contribution is -2.03. The minimum atomic E-state index is -0.454. The average molecular weight is 374 g/mol. The summed E-state index contributed by atoms with van der Waals surface area (Å²) in [7, 11) is 0. The largest absolute Gasteiger partial charge is 0.388 e. The Morgan fingerprint density at radius 1 is 0.850 bits per heavy atom. The molecule has 0 saturated carbocycles. The Labute approximate surface area is 132 Å². The Morgan fingerprint density at radius 3 is 2.35 bits per heavy atom. The van der Waals surface area contributed by atoms with Crippen LogP contribution < -0.4 is 0 Å². The van der Waals surface area contributed by atoms with Crippen molar-refractivity contribution in [3.8, 4) is 0 Å². The van der Waals surface area contributed by atoms with Gasteiger partial charge in [0, 0.05) is 9.99 Å². The third kappa shape index (κ3) is 2.86. The Hall–Kier alpha value is -1.39. The quantitative estimate of drug-likeness (QED) is 0.658. The molecular weight excluding hydrogens is 359 g/mol. The highest BCUT2D eigenvalue weighted by Gasteiger charge is 2.11. The second kappa shape index (κ2) is 5.94. The van der Waals surface area contributed by atoms with E-state index in [4.69, 9.17) is 0 Å². The maximum absolute atomic E-state index is 10.4. The molecule has 3 rings (SSSR count). The van der Waals surface area contributed by atoms with Crippen LogP contribution in [0.4, 0.5) is 0 Å². The number of fused-ring (bicyclic) bond motifs is 1. The SMILES string of the molecule is OC(Cc1ccc2ccccc2c1)c1ccccc1I. The van der Waals surface area contributed by atoms with Gasteiger partial charge < -0.3 is 5.11 Å². The molecule has 0 radical (unpaired) electrons. The van der Waals surface area contributed by atoms with Crippen LogP contribution in [0.3, 0.4) is 0 Å². The molecular formula is C18H15IO. The van der Waals surface area contributed by atoms with Gasteiger partial charge in [0.05, 0.1) is 6.10 Å². The van der Waals surface area contributed by atoms with E-state index < -0.39 is 6.10 Å². The number of aliphatic hydroxyl groups is 1. The van der Waals surface area contributed by atoms with Gasteiger partial charge in [0.1, 0.15) is 0 Å². The maximum Gasteiger partial charge on any atom is 0.0840 e. The van der Waals surface area contributed by atoms with E-state index in [0.717, 1.165) is 14.7 Å². The van der Waals surface area contributed by atoms with Crippen molar-refractivity contribution < 1.29 is 5.11 Å². The molecule has 20 heavy (non-hydrogen) atoms. The van der Waals surface area contributed by atoms with Gasteiger partial charge >= 0.3 is 0 Å². The van der Waals surface area contributed by atoms with Crippen molar-refractivity contribution in [2.24, 2.45) is 0 Å². The zero-order valence-electron chi connectivity index (χ0n) is 11.0. The van der Waals surface area contributed by atoms with Crippen LogP contribution in [0.5, 0.6) is 0 Å². The molecule has 0 aromatic heterocycles. The lowest BCUT2D eigenvalue weighted by Gasteiger charge is -2.13. The second-order valence-electron chi connectivity index (χ2n) is 4.92. The summed E-state index contributed by atoms with van der Waals surface area (Å²) in [4.78, 5) is 0. The highest BCUT2D eigenvalue weighted by atomic mass is 127. The molecule has 0 saturated heterocycles. The van der Waals surface area contributed by atoms with Gasteiger partial charge in [-0.05, 0) is 50.6 Å². The summed E-state index contributed by atoms with van der Waals surface area (Å²) in [5.74, 6) is 0. The topological polar surface area (TPSA) is 20.2 Å². The van der Waals surface area contributed by atoms with E-state index in [2.05, 4.69) is 52.9 Å². The Bertz CT molecular complexity index is 736. The first kappa shape index (κ1) is 13.6. The summed E-state index contributed by atoms with van der Waals surface area (Å²) in [5, 5.41) is 12.9. The van der Waals surface area contributed by atoms with E-state index in [1.807, 2.05) is 36.4 Å². The molecule has 1 unspecified atom stereocenters. The first-order valence-electron chi connectivity index (χ1n) is 6.64. The molecule has 1 atom stereocenters. The van der Waals surface area contributed by atoms with E-state index in [-0.39, 0.29) is 0 Å². The van der Waals surface area contributed by atoms with Crippen LogP contribution in [0.25, 0.3) is 10.8 Å². The highest BCUT2D eigenvalue weighted by molar-refractivity contribution is 14.1. The van der Waals surface area contributed by atoms with Crippen LogP contribution in [-0.2, 0) is 6.42 Å². The fourth-order valence-corrected chi connectivity index (χ4v) is 3.19. The third-order valence-corrected chi connectivity index (χ3v) is 4.49. The monoisotopic (exact) mass is 374 g/mol. The fourth-order valence-electron chi connectivity index (χ4n) is 2.44. The molecule has 0 bridgehead atoms. The Kier molecular flexibility index (Phi) is 4.03. The lowest BCUT2D eigenvalue weighted by molar-refractivity contribution is 0.177. The summed E-state index contributed by atoms with van der Waals surface area (Å²) in [6, 6.07) is 22.7. The van der Waals surface area contributed by atoms with Crippen molar-refractivity contribution >= 4 is 33.4 Å². The minimum Gasteiger partial charge on any atom is -0.388 e. The smallest absolute Gasteiger partial charge is 0.0840 e. The molecule has 0 heterocycles. The van der Waals surface area contributed by atoms with E-state index in [1.54, 1.807) is 0 Å². The van der Waals surface area contributed by atoms with Crippen molar-refractivity contribution in [1.29, 1.82) is 0 Å². The fraction of sp³-hybridized carbons (Fsp3) is 0.111. The van der Waals surface area contributed by atoms with Gasteiger partial charge in [0.25, 0.3) is 0 Å². The molecule has 0 spiro atoms. The van der Waals surface area contributed by atoms with Crippen LogP contribution in [0.15, 0.2) is 66.7 Å². The van der Waals surface area contributed by atoms with E-state index >= 15 is 0 Å². The molecule has 1 nitrogen and oxygen atoms in total. The number of hydrogen-bond acceptors (Lipinski definition) is 1. The van der Waals surface area contributed by atoms with Crippen LogP contribution in [-0.4, -0.2) is 5.11 Å². The molecule has 0 aliphatic rings. The van der Waals surface area contributed by atoms with Gasteiger partial charge in [-0.1, -0.05) is 60.7 Å². The maximum atomic E-state index is 10.4. The van der Waals surface area contributed by atoms with Crippen molar-refractivity contribution in [2.45, 2.75) is 12.5 Å². The summed E-state index contributed by atoms with van der Waals surface area (Å²) >= 11 is 2.27. The van der Waals surface area contributed by atoms with Crippen molar-refractivity contribution in [2.75, 3.05) is 0 Å². The molecule has 3 aromatic rings. The number of benzene rings is 3. The highest BCUT2D eigenvalue weighted by Crippen LogP contribution is 2.24. The van der Waals surface area contributed by atoms with Crippen LogP contribution in [0.2, 0.25) is 0 Å². The number of aliphatic hydroxyl groups excluding tert-OH is 1. The van der Waals surface area contributed by atoms with Gasteiger partial charge in [-0.2, -0.15) is 0 Å².